The fraction of sp³-hybridized carbons (Fsp3) is 0.375. The van der Waals surface area contributed by atoms with E-state index in [4.69, 9.17) is 14.2 Å². The normalized spacial score (nSPS) is 15.8. The van der Waals surface area contributed by atoms with Crippen LogP contribution in [0.5, 0.6) is 11.5 Å². The van der Waals surface area contributed by atoms with E-state index in [1.54, 1.807) is 38.2 Å². The van der Waals surface area contributed by atoms with Gasteiger partial charge in [0.1, 0.15) is 11.5 Å². The fourth-order valence-electron chi connectivity index (χ4n) is 2.20. The highest BCUT2D eigenvalue weighted by atomic mass is 79.9. The molecule has 2 rings (SSSR count). The summed E-state index contributed by atoms with van der Waals surface area (Å²) in [5.41, 5.74) is 0.781. The van der Waals surface area contributed by atoms with Crippen LogP contribution < -0.4 is 9.47 Å². The van der Waals surface area contributed by atoms with Crippen LogP contribution in [0.3, 0.4) is 0 Å². The van der Waals surface area contributed by atoms with E-state index in [-0.39, 0.29) is 12.5 Å². The lowest BCUT2D eigenvalue weighted by molar-refractivity contribution is -0.137. The molecule has 1 aliphatic rings. The van der Waals surface area contributed by atoms with Crippen LogP contribution in [0.2, 0.25) is 0 Å². The van der Waals surface area contributed by atoms with Gasteiger partial charge in [0.15, 0.2) is 0 Å². The maximum atomic E-state index is 12.2. The van der Waals surface area contributed by atoms with Gasteiger partial charge in [0, 0.05) is 5.56 Å². The Kier molecular flexibility index (Phi) is 6.56. The Morgan fingerprint density at radius 1 is 1.33 bits per heavy atom. The van der Waals surface area contributed by atoms with Crippen LogP contribution in [0.15, 0.2) is 27.7 Å². The van der Waals surface area contributed by atoms with E-state index in [9.17, 15) is 9.59 Å². The van der Waals surface area contributed by atoms with E-state index in [1.807, 2.05) is 0 Å². The summed E-state index contributed by atoms with van der Waals surface area (Å²) in [6.45, 7) is 2.31. The fourth-order valence-corrected chi connectivity index (χ4v) is 3.62. The van der Waals surface area contributed by atoms with Gasteiger partial charge in [-0.15, -0.1) is 0 Å². The van der Waals surface area contributed by atoms with Gasteiger partial charge in [0.25, 0.3) is 0 Å². The number of carbonyl (C=O) groups is 2. The molecule has 130 valence electrons. The molecule has 24 heavy (non-hydrogen) atoms. The van der Waals surface area contributed by atoms with Crippen LogP contribution in [-0.4, -0.2) is 43.4 Å². The summed E-state index contributed by atoms with van der Waals surface area (Å²) in [7, 11) is 3.13. The lowest BCUT2D eigenvalue weighted by atomic mass is 10.1. The topological polar surface area (TPSA) is 65.1 Å². The summed E-state index contributed by atoms with van der Waals surface area (Å²) in [4.78, 5) is 25.4. The SMILES string of the molecule is CCOC(=O)/C=C1\SCC(=O)N1Cc1cc(OC)c(Br)cc1OC. The van der Waals surface area contributed by atoms with Crippen molar-refractivity contribution in [3.63, 3.8) is 0 Å². The number of benzene rings is 1. The second-order valence-corrected chi connectivity index (χ2v) is 6.65. The second kappa shape index (κ2) is 8.43. The average molecular weight is 416 g/mol. The molecule has 1 aliphatic heterocycles. The van der Waals surface area contributed by atoms with Gasteiger partial charge in [-0.25, -0.2) is 4.79 Å². The molecule has 0 saturated carbocycles. The molecule has 1 aromatic rings. The van der Waals surface area contributed by atoms with E-state index in [2.05, 4.69) is 15.9 Å². The van der Waals surface area contributed by atoms with Gasteiger partial charge in [-0.3, -0.25) is 4.79 Å². The number of halogens is 1. The Morgan fingerprint density at radius 2 is 2.04 bits per heavy atom. The minimum Gasteiger partial charge on any atom is -0.496 e. The molecule has 1 heterocycles. The number of amides is 1. The molecular weight excluding hydrogens is 398 g/mol. The van der Waals surface area contributed by atoms with Gasteiger partial charge in [-0.05, 0) is 35.0 Å². The Labute approximate surface area is 153 Å². The van der Waals surface area contributed by atoms with E-state index < -0.39 is 5.97 Å². The van der Waals surface area contributed by atoms with Crippen molar-refractivity contribution in [1.29, 1.82) is 0 Å². The lowest BCUT2D eigenvalue weighted by Gasteiger charge is -2.19. The van der Waals surface area contributed by atoms with Crippen LogP contribution in [-0.2, 0) is 20.9 Å². The van der Waals surface area contributed by atoms with E-state index >= 15 is 0 Å². The molecule has 0 radical (unpaired) electrons. The largest absolute Gasteiger partial charge is 0.496 e. The Bertz CT molecular complexity index is 677. The van der Waals surface area contributed by atoms with Gasteiger partial charge in [-0.1, -0.05) is 11.8 Å². The molecule has 1 fully saturated rings. The van der Waals surface area contributed by atoms with Crippen molar-refractivity contribution in [3.05, 3.63) is 33.3 Å². The summed E-state index contributed by atoms with van der Waals surface area (Å²) in [5, 5.41) is 0.572. The van der Waals surface area contributed by atoms with Gasteiger partial charge in [0.2, 0.25) is 5.91 Å². The maximum Gasteiger partial charge on any atom is 0.333 e. The van der Waals surface area contributed by atoms with Crippen molar-refractivity contribution in [1.82, 2.24) is 4.90 Å². The van der Waals surface area contributed by atoms with Crippen molar-refractivity contribution in [2.24, 2.45) is 0 Å². The highest BCUT2D eigenvalue weighted by Crippen LogP contribution is 2.36. The molecule has 1 aromatic carbocycles. The molecule has 0 bridgehead atoms. The van der Waals surface area contributed by atoms with E-state index in [0.717, 1.165) is 10.0 Å². The maximum absolute atomic E-state index is 12.2. The van der Waals surface area contributed by atoms with Gasteiger partial charge < -0.3 is 19.1 Å². The standard InChI is InChI=1S/C16H18BrNO5S/c1-4-23-16(20)7-15-18(14(19)9-24-15)8-10-5-13(22-3)11(17)6-12(10)21-2/h5-7H,4,8-9H2,1-3H3/b15-7-. The van der Waals surface area contributed by atoms with Gasteiger partial charge >= 0.3 is 5.97 Å². The van der Waals surface area contributed by atoms with Crippen LogP contribution in [0.25, 0.3) is 0 Å². The molecule has 0 spiro atoms. The number of nitrogens with zero attached hydrogens (tertiary/aromatic N) is 1. The summed E-state index contributed by atoms with van der Waals surface area (Å²) in [5.74, 6) is 1.03. The van der Waals surface area contributed by atoms with Crippen molar-refractivity contribution in [3.8, 4) is 11.5 Å². The molecule has 1 saturated heterocycles. The molecule has 0 aromatic heterocycles. The monoisotopic (exact) mass is 415 g/mol. The summed E-state index contributed by atoms with van der Waals surface area (Å²) >= 11 is 4.72. The first-order valence-electron chi connectivity index (χ1n) is 7.22. The molecular formula is C16H18BrNO5S. The van der Waals surface area contributed by atoms with E-state index in [1.165, 1.54) is 17.8 Å². The summed E-state index contributed by atoms with van der Waals surface area (Å²) in [6, 6.07) is 3.59. The third-order valence-corrected chi connectivity index (χ3v) is 4.97. The molecule has 0 N–H and O–H groups in total. The lowest BCUT2D eigenvalue weighted by Crippen LogP contribution is -2.24. The third-order valence-electron chi connectivity index (χ3n) is 3.32. The first kappa shape index (κ1) is 18.7. The van der Waals surface area contributed by atoms with Gasteiger partial charge in [-0.2, -0.15) is 0 Å². The minimum atomic E-state index is -0.458. The molecule has 0 unspecified atom stereocenters. The Balaban J connectivity index is 2.30. The molecule has 0 aliphatic carbocycles. The Hall–Kier alpha value is -1.67. The molecule has 6 nitrogen and oxygen atoms in total. The van der Waals surface area contributed by atoms with E-state index in [0.29, 0.717) is 28.9 Å². The predicted octanol–water partition coefficient (Wildman–Crippen LogP) is 2.95. The van der Waals surface area contributed by atoms with Crippen LogP contribution in [0.1, 0.15) is 12.5 Å². The zero-order valence-corrected chi connectivity index (χ0v) is 16.0. The number of ether oxygens (including phenoxy) is 3. The van der Waals surface area contributed by atoms with Crippen LogP contribution in [0.4, 0.5) is 0 Å². The number of rotatable bonds is 6. The number of methoxy groups -OCH3 is 2. The number of thioether (sulfide) groups is 1. The molecule has 0 atom stereocenters. The zero-order valence-electron chi connectivity index (χ0n) is 13.6. The zero-order chi connectivity index (χ0) is 17.7. The summed E-state index contributed by atoms with van der Waals surface area (Å²) < 4.78 is 16.4. The second-order valence-electron chi connectivity index (χ2n) is 4.80. The van der Waals surface area contributed by atoms with Crippen LogP contribution >= 0.6 is 27.7 Å². The number of esters is 1. The number of hydrogen-bond acceptors (Lipinski definition) is 6. The minimum absolute atomic E-state index is 0.0699. The molecule has 1 amide bonds. The highest BCUT2D eigenvalue weighted by molar-refractivity contribution is 9.10. The van der Waals surface area contributed by atoms with Gasteiger partial charge in [0.05, 0.1) is 48.7 Å². The average Bonchev–Trinajstić information content (AvgIpc) is 2.89. The number of hydrogen-bond donors (Lipinski definition) is 0. The van der Waals surface area contributed by atoms with Crippen molar-refractivity contribution in [2.75, 3.05) is 26.6 Å². The predicted molar refractivity (Wildman–Crippen MR) is 95.0 cm³/mol. The highest BCUT2D eigenvalue weighted by Gasteiger charge is 2.28. The number of carbonyl (C=O) groups excluding carboxylic acids is 2. The smallest absolute Gasteiger partial charge is 0.333 e. The first-order chi connectivity index (χ1) is 11.5. The van der Waals surface area contributed by atoms with Crippen molar-refractivity contribution in [2.45, 2.75) is 13.5 Å². The summed E-state index contributed by atoms with van der Waals surface area (Å²) in [6.07, 6.45) is 1.35. The van der Waals surface area contributed by atoms with Crippen molar-refractivity contribution < 1.29 is 23.8 Å². The Morgan fingerprint density at radius 3 is 2.67 bits per heavy atom. The molecule has 8 heteroatoms. The first-order valence-corrected chi connectivity index (χ1v) is 9.00. The van der Waals surface area contributed by atoms with Crippen LogP contribution in [0, 0.1) is 0 Å². The quantitative estimate of drug-likeness (QED) is 0.525. The van der Waals surface area contributed by atoms with Crippen molar-refractivity contribution >= 4 is 39.6 Å². The third kappa shape index (κ3) is 4.24.